The van der Waals surface area contributed by atoms with Crippen molar-refractivity contribution in [3.63, 3.8) is 0 Å². The van der Waals surface area contributed by atoms with E-state index < -0.39 is 0 Å². The topological polar surface area (TPSA) is 70.2 Å². The molecule has 122 valence electrons. The first-order valence-corrected chi connectivity index (χ1v) is 7.66. The molecule has 0 atom stereocenters. The molecule has 6 heteroatoms. The fraction of sp³-hybridized carbons (Fsp3) is 0.0556. The van der Waals surface area contributed by atoms with E-state index in [4.69, 9.17) is 12.2 Å². The normalized spacial score (nSPS) is 10.2. The van der Waals surface area contributed by atoms with E-state index in [9.17, 15) is 9.59 Å². The number of nitrogens with one attached hydrogen (secondary N) is 3. The number of thiocarbonyl (C=S) groups is 1. The number of hydrogen-bond donors (Lipinski definition) is 3. The number of carbonyl (C=O) groups excluding carboxylic acids is 2. The first-order valence-electron chi connectivity index (χ1n) is 7.26. The molecular weight excluding hydrogens is 322 g/mol. The lowest BCUT2D eigenvalue weighted by Gasteiger charge is -2.09. The van der Waals surface area contributed by atoms with Crippen LogP contribution < -0.4 is 16.2 Å². The van der Waals surface area contributed by atoms with Crippen molar-refractivity contribution >= 4 is 35.2 Å². The molecule has 0 bridgehead atoms. The molecule has 2 rings (SSSR count). The largest absolute Gasteiger partial charge is 0.298 e. The summed E-state index contributed by atoms with van der Waals surface area (Å²) < 4.78 is 0. The number of aryl methyl sites for hydroxylation is 1. The number of hydrazine groups is 1. The summed E-state index contributed by atoms with van der Waals surface area (Å²) in [5.74, 6) is -0.732. The number of rotatable bonds is 3. The van der Waals surface area contributed by atoms with Crippen molar-refractivity contribution in [1.82, 2.24) is 16.2 Å². The molecule has 0 radical (unpaired) electrons. The fourth-order valence-electron chi connectivity index (χ4n) is 1.81. The quantitative estimate of drug-likeness (QED) is 0.456. The van der Waals surface area contributed by atoms with Gasteiger partial charge in [-0.05, 0) is 42.9 Å². The van der Waals surface area contributed by atoms with E-state index in [1.807, 2.05) is 37.3 Å². The van der Waals surface area contributed by atoms with Crippen LogP contribution in [0.25, 0.3) is 6.08 Å². The molecule has 2 aromatic rings. The third-order valence-electron chi connectivity index (χ3n) is 3.07. The van der Waals surface area contributed by atoms with Crippen LogP contribution in [0.15, 0.2) is 60.7 Å². The van der Waals surface area contributed by atoms with Crippen LogP contribution >= 0.6 is 12.2 Å². The molecule has 0 aliphatic heterocycles. The molecule has 0 fully saturated rings. The van der Waals surface area contributed by atoms with Crippen LogP contribution in [0.2, 0.25) is 0 Å². The predicted octanol–water partition coefficient (Wildman–Crippen LogP) is 2.34. The minimum absolute atomic E-state index is 0.0119. The summed E-state index contributed by atoms with van der Waals surface area (Å²) in [4.78, 5) is 23.6. The summed E-state index contributed by atoms with van der Waals surface area (Å²) in [5.41, 5.74) is 7.44. The van der Waals surface area contributed by atoms with E-state index in [0.717, 1.165) is 11.1 Å². The van der Waals surface area contributed by atoms with Gasteiger partial charge >= 0.3 is 0 Å². The Bertz CT molecular complexity index is 756. The molecular formula is C18H17N3O2S. The number of hydrogen-bond acceptors (Lipinski definition) is 3. The minimum atomic E-state index is -0.387. The van der Waals surface area contributed by atoms with Crippen molar-refractivity contribution in [2.24, 2.45) is 0 Å². The lowest BCUT2D eigenvalue weighted by atomic mass is 10.1. The zero-order valence-corrected chi connectivity index (χ0v) is 13.9. The Hall–Kier alpha value is -2.99. The highest BCUT2D eigenvalue weighted by atomic mass is 32.1. The Morgan fingerprint density at radius 1 is 0.958 bits per heavy atom. The molecule has 0 saturated heterocycles. The molecule has 2 amide bonds. The Labute approximate surface area is 145 Å². The monoisotopic (exact) mass is 339 g/mol. The zero-order chi connectivity index (χ0) is 17.4. The van der Waals surface area contributed by atoms with Gasteiger partial charge in [-0.3, -0.25) is 25.8 Å². The van der Waals surface area contributed by atoms with Gasteiger partial charge in [0.1, 0.15) is 0 Å². The van der Waals surface area contributed by atoms with Gasteiger partial charge < -0.3 is 0 Å². The van der Waals surface area contributed by atoms with Gasteiger partial charge in [0.05, 0.1) is 0 Å². The second-order valence-corrected chi connectivity index (χ2v) is 5.42. The number of benzene rings is 2. The summed E-state index contributed by atoms with van der Waals surface area (Å²) in [7, 11) is 0. The van der Waals surface area contributed by atoms with Crippen LogP contribution in [-0.4, -0.2) is 16.9 Å². The minimum Gasteiger partial charge on any atom is -0.298 e. The van der Waals surface area contributed by atoms with Crippen molar-refractivity contribution in [2.45, 2.75) is 6.92 Å². The van der Waals surface area contributed by atoms with Crippen molar-refractivity contribution in [3.8, 4) is 0 Å². The first kappa shape index (κ1) is 17.4. The van der Waals surface area contributed by atoms with E-state index in [-0.39, 0.29) is 16.9 Å². The molecule has 0 spiro atoms. The Morgan fingerprint density at radius 3 is 2.29 bits per heavy atom. The first-order chi connectivity index (χ1) is 11.5. The highest BCUT2D eigenvalue weighted by Crippen LogP contribution is 2.04. The number of carbonyl (C=O) groups is 2. The van der Waals surface area contributed by atoms with Gasteiger partial charge in [0, 0.05) is 11.6 Å². The Morgan fingerprint density at radius 2 is 1.62 bits per heavy atom. The van der Waals surface area contributed by atoms with Crippen LogP contribution in [0.4, 0.5) is 0 Å². The van der Waals surface area contributed by atoms with Crippen LogP contribution in [0.1, 0.15) is 21.5 Å². The lowest BCUT2D eigenvalue weighted by Crippen LogP contribution is -2.48. The molecule has 2 aromatic carbocycles. The maximum atomic E-state index is 11.8. The van der Waals surface area contributed by atoms with Crippen molar-refractivity contribution < 1.29 is 9.59 Å². The highest BCUT2D eigenvalue weighted by Gasteiger charge is 2.05. The molecule has 5 nitrogen and oxygen atoms in total. The second kappa shape index (κ2) is 8.59. The maximum Gasteiger partial charge on any atom is 0.269 e. The summed E-state index contributed by atoms with van der Waals surface area (Å²) in [6.07, 6.45) is 3.05. The van der Waals surface area contributed by atoms with Gasteiger partial charge in [0.25, 0.3) is 5.91 Å². The van der Waals surface area contributed by atoms with Gasteiger partial charge in [-0.2, -0.15) is 0 Å². The summed E-state index contributed by atoms with van der Waals surface area (Å²) in [5, 5.41) is 2.46. The lowest BCUT2D eigenvalue weighted by molar-refractivity contribution is -0.115. The van der Waals surface area contributed by atoms with E-state index in [1.54, 1.807) is 30.3 Å². The average Bonchev–Trinajstić information content (AvgIpc) is 2.60. The van der Waals surface area contributed by atoms with Crippen molar-refractivity contribution in [3.05, 3.63) is 77.4 Å². The molecule has 0 aromatic heterocycles. The molecule has 0 heterocycles. The smallest absolute Gasteiger partial charge is 0.269 e. The fourth-order valence-corrected chi connectivity index (χ4v) is 1.96. The van der Waals surface area contributed by atoms with Gasteiger partial charge in [-0.25, -0.2) is 0 Å². The van der Waals surface area contributed by atoms with Gasteiger partial charge in [0.2, 0.25) is 5.91 Å². The van der Waals surface area contributed by atoms with Gasteiger partial charge in [-0.15, -0.1) is 0 Å². The number of amides is 2. The van der Waals surface area contributed by atoms with Gasteiger partial charge in [-0.1, -0.05) is 48.0 Å². The SMILES string of the molecule is Cc1ccc(/C=C/C(=O)NC(=S)NNC(=O)c2ccccc2)cc1. The third kappa shape index (κ3) is 5.66. The van der Waals surface area contributed by atoms with E-state index in [0.29, 0.717) is 5.56 Å². The van der Waals surface area contributed by atoms with Gasteiger partial charge in [0.15, 0.2) is 5.11 Å². The second-order valence-electron chi connectivity index (χ2n) is 5.01. The molecule has 3 N–H and O–H groups in total. The molecule has 24 heavy (non-hydrogen) atoms. The van der Waals surface area contributed by atoms with Crippen LogP contribution in [-0.2, 0) is 4.79 Å². The standard InChI is InChI=1S/C18H17N3O2S/c1-13-7-9-14(10-8-13)11-12-16(22)19-18(24)21-20-17(23)15-5-3-2-4-6-15/h2-12H,1H3,(H,20,23)(H2,19,21,22,24)/b12-11+. The van der Waals surface area contributed by atoms with Crippen LogP contribution in [0.3, 0.4) is 0 Å². The zero-order valence-electron chi connectivity index (χ0n) is 13.1. The molecule has 0 saturated carbocycles. The third-order valence-corrected chi connectivity index (χ3v) is 3.27. The summed E-state index contributed by atoms with van der Waals surface area (Å²) >= 11 is 4.95. The van der Waals surface area contributed by atoms with E-state index in [2.05, 4.69) is 16.2 Å². The molecule has 0 unspecified atom stereocenters. The molecule has 0 aliphatic carbocycles. The highest BCUT2D eigenvalue weighted by molar-refractivity contribution is 7.80. The van der Waals surface area contributed by atoms with E-state index in [1.165, 1.54) is 6.08 Å². The van der Waals surface area contributed by atoms with Crippen LogP contribution in [0.5, 0.6) is 0 Å². The Kier molecular flexibility index (Phi) is 6.22. The van der Waals surface area contributed by atoms with Crippen LogP contribution in [0, 0.1) is 6.92 Å². The average molecular weight is 339 g/mol. The van der Waals surface area contributed by atoms with Crippen molar-refractivity contribution in [1.29, 1.82) is 0 Å². The Balaban J connectivity index is 1.78. The molecule has 0 aliphatic rings. The summed E-state index contributed by atoms with van der Waals surface area (Å²) in [6.45, 7) is 1.99. The van der Waals surface area contributed by atoms with Crippen molar-refractivity contribution in [2.75, 3.05) is 0 Å². The summed E-state index contributed by atoms with van der Waals surface area (Å²) in [6, 6.07) is 16.4. The van der Waals surface area contributed by atoms with E-state index >= 15 is 0 Å². The predicted molar refractivity (Wildman–Crippen MR) is 98.0 cm³/mol. The maximum absolute atomic E-state index is 11.8.